The van der Waals surface area contributed by atoms with Crippen LogP contribution in [-0.4, -0.2) is 14.5 Å². The summed E-state index contributed by atoms with van der Waals surface area (Å²) in [5.74, 6) is 0. The van der Waals surface area contributed by atoms with E-state index in [0.717, 1.165) is 6.07 Å². The molecule has 5 rings (SSSR count). The van der Waals surface area contributed by atoms with Gasteiger partial charge in [0.25, 0.3) is 5.56 Å². The summed E-state index contributed by atoms with van der Waals surface area (Å²) < 4.78 is 42.7. The van der Waals surface area contributed by atoms with Gasteiger partial charge in [-0.05, 0) is 48.7 Å². The van der Waals surface area contributed by atoms with Crippen molar-refractivity contribution in [1.82, 2.24) is 14.5 Å². The lowest BCUT2D eigenvalue weighted by molar-refractivity contribution is -0.136. The van der Waals surface area contributed by atoms with Gasteiger partial charge in [0.15, 0.2) is 0 Å². The molecule has 2 aromatic carbocycles. The van der Waals surface area contributed by atoms with Crippen LogP contribution in [0.5, 0.6) is 0 Å². The molecule has 3 aromatic heterocycles. The summed E-state index contributed by atoms with van der Waals surface area (Å²) in [5, 5.41) is 12.7. The molecule has 0 aliphatic carbocycles. The van der Waals surface area contributed by atoms with Gasteiger partial charge in [0.1, 0.15) is 11.6 Å². The SMILES string of the molecule is C[C@H](Nc1c(C#N)cnc2cccnc12)c1cc2cccc(C(F)(F)F)c2c(=O)n1-c1ccccc1. The molecule has 9 heteroatoms. The van der Waals surface area contributed by atoms with Crippen LogP contribution >= 0.6 is 0 Å². The largest absolute Gasteiger partial charge is 0.417 e. The van der Waals surface area contributed by atoms with Crippen molar-refractivity contribution in [2.75, 3.05) is 5.32 Å². The van der Waals surface area contributed by atoms with E-state index in [2.05, 4.69) is 21.4 Å². The smallest absolute Gasteiger partial charge is 0.374 e. The van der Waals surface area contributed by atoms with Gasteiger partial charge in [-0.1, -0.05) is 30.3 Å². The quantitative estimate of drug-likeness (QED) is 0.338. The molecule has 5 aromatic rings. The van der Waals surface area contributed by atoms with Crippen LogP contribution in [0, 0.1) is 11.3 Å². The second-order valence-corrected chi connectivity index (χ2v) is 8.21. The van der Waals surface area contributed by atoms with Gasteiger partial charge < -0.3 is 5.32 Å². The van der Waals surface area contributed by atoms with Crippen LogP contribution in [0.25, 0.3) is 27.5 Å². The number of nitrogens with zero attached hydrogens (tertiary/aromatic N) is 4. The van der Waals surface area contributed by atoms with Crippen LogP contribution in [0.2, 0.25) is 0 Å². The van der Waals surface area contributed by atoms with Crippen LogP contribution in [0.3, 0.4) is 0 Å². The minimum absolute atomic E-state index is 0.170. The van der Waals surface area contributed by atoms with Crippen LogP contribution in [-0.2, 0) is 6.18 Å². The molecule has 0 saturated carbocycles. The number of benzene rings is 2. The maximum Gasteiger partial charge on any atom is 0.417 e. The van der Waals surface area contributed by atoms with Crippen molar-refractivity contribution in [2.24, 2.45) is 0 Å². The van der Waals surface area contributed by atoms with Crippen LogP contribution in [0.15, 0.2) is 83.9 Å². The number of rotatable bonds is 4. The summed E-state index contributed by atoms with van der Waals surface area (Å²) in [7, 11) is 0. The Morgan fingerprint density at radius 2 is 1.81 bits per heavy atom. The van der Waals surface area contributed by atoms with E-state index in [1.807, 2.05) is 0 Å². The summed E-state index contributed by atoms with van der Waals surface area (Å²) in [5.41, 5.74) is 0.781. The summed E-state index contributed by atoms with van der Waals surface area (Å²) in [6.07, 6.45) is -1.68. The van der Waals surface area contributed by atoms with E-state index in [1.165, 1.54) is 22.9 Å². The molecule has 36 heavy (non-hydrogen) atoms. The van der Waals surface area contributed by atoms with Gasteiger partial charge in [-0.25, -0.2) is 0 Å². The number of aromatic nitrogens is 3. The molecule has 0 radical (unpaired) electrons. The molecule has 0 aliphatic rings. The Morgan fingerprint density at radius 1 is 1.03 bits per heavy atom. The summed E-state index contributed by atoms with van der Waals surface area (Å²) in [6, 6.07) is 18.7. The van der Waals surface area contributed by atoms with Gasteiger partial charge >= 0.3 is 6.18 Å². The summed E-state index contributed by atoms with van der Waals surface area (Å²) in [6.45, 7) is 1.77. The van der Waals surface area contributed by atoms with Gasteiger partial charge in [-0.3, -0.25) is 19.3 Å². The Morgan fingerprint density at radius 3 is 2.53 bits per heavy atom. The lowest BCUT2D eigenvalue weighted by atomic mass is 10.0. The molecule has 1 atom stereocenters. The molecule has 0 unspecified atom stereocenters. The zero-order valence-electron chi connectivity index (χ0n) is 18.9. The molecule has 178 valence electrons. The molecule has 0 aliphatic heterocycles. The highest BCUT2D eigenvalue weighted by Gasteiger charge is 2.34. The van der Waals surface area contributed by atoms with Gasteiger partial charge in [0.05, 0.1) is 33.8 Å². The third-order valence-electron chi connectivity index (χ3n) is 5.95. The maximum atomic E-state index is 13.8. The normalized spacial score (nSPS) is 12.4. The monoisotopic (exact) mass is 485 g/mol. The Hall–Kier alpha value is -4.71. The lowest BCUT2D eigenvalue weighted by Gasteiger charge is -2.23. The zero-order valence-corrected chi connectivity index (χ0v) is 18.9. The molecule has 0 saturated heterocycles. The fourth-order valence-corrected chi connectivity index (χ4v) is 4.32. The highest BCUT2D eigenvalue weighted by Crippen LogP contribution is 2.35. The molecule has 6 nitrogen and oxygen atoms in total. The number of anilines is 1. The number of alkyl halides is 3. The number of fused-ring (bicyclic) bond motifs is 2. The van der Waals surface area contributed by atoms with E-state index >= 15 is 0 Å². The van der Waals surface area contributed by atoms with Crippen molar-refractivity contribution < 1.29 is 13.2 Å². The van der Waals surface area contributed by atoms with Gasteiger partial charge in [0.2, 0.25) is 0 Å². The highest BCUT2D eigenvalue weighted by molar-refractivity contribution is 5.91. The molecule has 0 amide bonds. The summed E-state index contributed by atoms with van der Waals surface area (Å²) >= 11 is 0. The predicted octanol–water partition coefficient (Wildman–Crippen LogP) is 6.00. The number of hydrogen-bond donors (Lipinski definition) is 1. The number of halogens is 3. The number of nitriles is 1. The highest BCUT2D eigenvalue weighted by atomic mass is 19.4. The number of hydrogen-bond acceptors (Lipinski definition) is 5. The number of nitrogens with one attached hydrogen (secondary N) is 1. The molecule has 3 heterocycles. The minimum atomic E-state index is -4.69. The van der Waals surface area contributed by atoms with Crippen LogP contribution in [0.4, 0.5) is 18.9 Å². The van der Waals surface area contributed by atoms with E-state index in [-0.39, 0.29) is 10.9 Å². The van der Waals surface area contributed by atoms with Crippen molar-refractivity contribution >= 4 is 27.5 Å². The number of pyridine rings is 3. The lowest BCUT2D eigenvalue weighted by Crippen LogP contribution is -2.27. The predicted molar refractivity (Wildman–Crippen MR) is 131 cm³/mol. The van der Waals surface area contributed by atoms with Crippen LogP contribution in [0.1, 0.15) is 29.8 Å². The number of para-hydroxylation sites is 1. The fraction of sp³-hybridized carbons (Fsp3) is 0.111. The third-order valence-corrected chi connectivity index (χ3v) is 5.95. The Kier molecular flexibility index (Phi) is 5.65. The fourth-order valence-electron chi connectivity index (χ4n) is 4.32. The van der Waals surface area contributed by atoms with Gasteiger partial charge in [-0.15, -0.1) is 0 Å². The Bertz CT molecular complexity index is 1710. The van der Waals surface area contributed by atoms with Crippen molar-refractivity contribution in [2.45, 2.75) is 19.1 Å². The van der Waals surface area contributed by atoms with Crippen LogP contribution < -0.4 is 10.9 Å². The molecule has 0 fully saturated rings. The third kappa shape index (κ3) is 3.92. The topological polar surface area (TPSA) is 83.6 Å². The van der Waals surface area contributed by atoms with E-state index in [0.29, 0.717) is 28.1 Å². The first kappa shape index (κ1) is 23.1. The second kappa shape index (κ2) is 8.82. The summed E-state index contributed by atoms with van der Waals surface area (Å²) in [4.78, 5) is 22.3. The Labute approximate surface area is 203 Å². The molecule has 0 spiro atoms. The van der Waals surface area contributed by atoms with Crippen molar-refractivity contribution in [3.8, 4) is 11.8 Å². The Balaban J connectivity index is 1.76. The molecule has 0 bridgehead atoms. The van der Waals surface area contributed by atoms with E-state index in [9.17, 15) is 23.2 Å². The first-order valence-electron chi connectivity index (χ1n) is 11.0. The van der Waals surface area contributed by atoms with E-state index in [4.69, 9.17) is 0 Å². The average Bonchev–Trinajstić information content (AvgIpc) is 2.88. The maximum absolute atomic E-state index is 13.8. The molecular weight excluding hydrogens is 467 g/mol. The first-order chi connectivity index (χ1) is 17.3. The first-order valence-corrected chi connectivity index (χ1v) is 11.0. The standard InChI is InChI=1S/C27H18F3N5O/c1-16(34-24-18(14-31)15-33-21-11-6-12-32-25(21)24)22-13-17-7-5-10-20(27(28,29)30)23(17)26(36)35(22)19-8-3-2-4-9-19/h2-13,15-16H,1H3,(H,33,34)/t16-/m0/s1. The van der Waals surface area contributed by atoms with Crippen molar-refractivity contribution in [3.63, 3.8) is 0 Å². The zero-order chi connectivity index (χ0) is 25.4. The van der Waals surface area contributed by atoms with E-state index < -0.39 is 28.7 Å². The van der Waals surface area contributed by atoms with Crippen molar-refractivity contribution in [1.29, 1.82) is 5.26 Å². The average molecular weight is 485 g/mol. The second-order valence-electron chi connectivity index (χ2n) is 8.21. The van der Waals surface area contributed by atoms with Gasteiger partial charge in [0, 0.05) is 23.8 Å². The van der Waals surface area contributed by atoms with E-state index in [1.54, 1.807) is 61.7 Å². The molecular formula is C27H18F3N5O. The molecule has 1 N–H and O–H groups in total. The van der Waals surface area contributed by atoms with Gasteiger partial charge in [-0.2, -0.15) is 18.4 Å². The minimum Gasteiger partial charge on any atom is -0.374 e. The van der Waals surface area contributed by atoms with Crippen molar-refractivity contribution in [3.05, 3.63) is 106 Å².